The first-order valence-corrected chi connectivity index (χ1v) is 11.7. The molecule has 0 bridgehead atoms. The number of carbonyl (C=O) groups excluding carboxylic acids is 1. The molecular formula is C25H23FN4O4S. The Balaban J connectivity index is 1.65. The second-order valence-electron chi connectivity index (χ2n) is 7.86. The first kappa shape index (κ1) is 24.1. The molecule has 0 saturated heterocycles. The summed E-state index contributed by atoms with van der Waals surface area (Å²) in [6, 6.07) is 13.8. The van der Waals surface area contributed by atoms with Gasteiger partial charge in [-0.15, -0.1) is 11.3 Å². The number of hydrogen-bond acceptors (Lipinski definition) is 6. The molecule has 8 nitrogen and oxygen atoms in total. The van der Waals surface area contributed by atoms with Gasteiger partial charge in [-0.25, -0.2) is 9.37 Å². The van der Waals surface area contributed by atoms with E-state index in [1.807, 2.05) is 31.4 Å². The van der Waals surface area contributed by atoms with Crippen LogP contribution in [0.15, 0.2) is 60.0 Å². The Labute approximate surface area is 205 Å². The van der Waals surface area contributed by atoms with Gasteiger partial charge in [0.2, 0.25) is 5.88 Å². The Morgan fingerprint density at radius 1 is 1.17 bits per heavy atom. The van der Waals surface area contributed by atoms with Crippen LogP contribution in [0.1, 0.15) is 44.8 Å². The second-order valence-corrected chi connectivity index (χ2v) is 8.92. The lowest BCUT2D eigenvalue weighted by atomic mass is 9.98. The summed E-state index contributed by atoms with van der Waals surface area (Å²) in [5, 5.41) is 19.2. The topological polar surface area (TPSA) is 106 Å². The van der Waals surface area contributed by atoms with Crippen LogP contribution in [-0.2, 0) is 11.4 Å². The van der Waals surface area contributed by atoms with Gasteiger partial charge < -0.3 is 15.2 Å². The number of halogens is 1. The highest BCUT2D eigenvalue weighted by Crippen LogP contribution is 2.25. The molecule has 2 aromatic heterocycles. The SMILES string of the molecule is Cc1nc(COc2cc(C(=O)N[C@@H](CC(=O)O)c3ccccc3C)nn2-c2ccccc2F)cs1. The average molecular weight is 495 g/mol. The number of nitrogens with zero attached hydrogens (tertiary/aromatic N) is 3. The number of thiazole rings is 1. The molecule has 0 fully saturated rings. The van der Waals surface area contributed by atoms with Crippen molar-refractivity contribution in [3.63, 3.8) is 0 Å². The van der Waals surface area contributed by atoms with E-state index in [2.05, 4.69) is 15.4 Å². The summed E-state index contributed by atoms with van der Waals surface area (Å²) in [6.45, 7) is 3.83. The molecule has 0 aliphatic rings. The zero-order valence-electron chi connectivity index (χ0n) is 19.1. The van der Waals surface area contributed by atoms with Gasteiger partial charge in [0.25, 0.3) is 5.91 Å². The summed E-state index contributed by atoms with van der Waals surface area (Å²) in [5.41, 5.74) is 2.30. The van der Waals surface area contributed by atoms with Crippen molar-refractivity contribution in [2.45, 2.75) is 32.9 Å². The van der Waals surface area contributed by atoms with Crippen molar-refractivity contribution in [3.8, 4) is 11.6 Å². The van der Waals surface area contributed by atoms with Crippen molar-refractivity contribution < 1.29 is 23.8 Å². The number of hydrogen-bond donors (Lipinski definition) is 2. The van der Waals surface area contributed by atoms with Crippen molar-refractivity contribution in [3.05, 3.63) is 93.3 Å². The van der Waals surface area contributed by atoms with Crippen LogP contribution in [-0.4, -0.2) is 31.7 Å². The molecule has 0 aliphatic heterocycles. The molecule has 0 radical (unpaired) electrons. The van der Waals surface area contributed by atoms with E-state index in [0.717, 1.165) is 10.6 Å². The normalized spacial score (nSPS) is 11.7. The van der Waals surface area contributed by atoms with E-state index in [-0.39, 0.29) is 30.3 Å². The maximum Gasteiger partial charge on any atom is 0.305 e. The average Bonchev–Trinajstić information content (AvgIpc) is 3.43. The number of benzene rings is 2. The van der Waals surface area contributed by atoms with Gasteiger partial charge >= 0.3 is 5.97 Å². The van der Waals surface area contributed by atoms with Crippen molar-refractivity contribution in [2.75, 3.05) is 0 Å². The monoisotopic (exact) mass is 494 g/mol. The van der Waals surface area contributed by atoms with E-state index >= 15 is 0 Å². The number of carbonyl (C=O) groups is 2. The predicted molar refractivity (Wildman–Crippen MR) is 128 cm³/mol. The Bertz CT molecular complexity index is 1370. The fraction of sp³-hybridized carbons (Fsp3) is 0.200. The minimum atomic E-state index is -1.06. The Hall–Kier alpha value is -4.05. The molecule has 10 heteroatoms. The first-order valence-electron chi connectivity index (χ1n) is 10.8. The summed E-state index contributed by atoms with van der Waals surface area (Å²) in [4.78, 5) is 29.0. The molecule has 0 unspecified atom stereocenters. The number of rotatable bonds is 9. The van der Waals surface area contributed by atoms with Crippen LogP contribution >= 0.6 is 11.3 Å². The van der Waals surface area contributed by atoms with Gasteiger partial charge in [0.15, 0.2) is 5.69 Å². The van der Waals surface area contributed by atoms with Crippen molar-refractivity contribution in [2.24, 2.45) is 0 Å². The fourth-order valence-corrected chi connectivity index (χ4v) is 4.22. The number of nitrogens with one attached hydrogen (secondary N) is 1. The number of amides is 1. The highest BCUT2D eigenvalue weighted by molar-refractivity contribution is 7.09. The van der Waals surface area contributed by atoms with Gasteiger partial charge in [-0.05, 0) is 37.1 Å². The van der Waals surface area contributed by atoms with Gasteiger partial charge in [-0.1, -0.05) is 36.4 Å². The molecule has 2 N–H and O–H groups in total. The summed E-state index contributed by atoms with van der Waals surface area (Å²) in [7, 11) is 0. The van der Waals surface area contributed by atoms with E-state index in [9.17, 15) is 19.1 Å². The van der Waals surface area contributed by atoms with E-state index in [4.69, 9.17) is 4.74 Å². The Kier molecular flexibility index (Phi) is 7.21. The lowest BCUT2D eigenvalue weighted by Crippen LogP contribution is -2.31. The number of aliphatic carboxylic acids is 1. The molecule has 0 aliphatic carbocycles. The van der Waals surface area contributed by atoms with Gasteiger partial charge in [0.1, 0.15) is 18.1 Å². The molecule has 2 aromatic carbocycles. The molecule has 4 rings (SSSR count). The molecule has 1 atom stereocenters. The lowest BCUT2D eigenvalue weighted by molar-refractivity contribution is -0.137. The molecule has 0 saturated carbocycles. The fourth-order valence-electron chi connectivity index (χ4n) is 3.62. The number of carboxylic acid groups (broad SMARTS) is 1. The molecular weight excluding hydrogens is 471 g/mol. The molecule has 35 heavy (non-hydrogen) atoms. The van der Waals surface area contributed by atoms with Gasteiger partial charge in [0, 0.05) is 11.4 Å². The van der Waals surface area contributed by atoms with Crippen LogP contribution in [0.5, 0.6) is 5.88 Å². The molecule has 2 heterocycles. The Morgan fingerprint density at radius 2 is 1.91 bits per heavy atom. The minimum Gasteiger partial charge on any atom is -0.481 e. The first-order chi connectivity index (χ1) is 16.8. The molecule has 180 valence electrons. The maximum atomic E-state index is 14.6. The summed E-state index contributed by atoms with van der Waals surface area (Å²) < 4.78 is 21.6. The van der Waals surface area contributed by atoms with E-state index in [0.29, 0.717) is 11.3 Å². The lowest BCUT2D eigenvalue weighted by Gasteiger charge is -2.18. The number of carboxylic acids is 1. The summed E-state index contributed by atoms with van der Waals surface area (Å²) >= 11 is 1.48. The number of aryl methyl sites for hydroxylation is 2. The van der Waals surface area contributed by atoms with Crippen LogP contribution in [0.2, 0.25) is 0 Å². The highest BCUT2D eigenvalue weighted by Gasteiger charge is 2.24. The van der Waals surface area contributed by atoms with Crippen LogP contribution in [0, 0.1) is 19.7 Å². The van der Waals surface area contributed by atoms with Crippen LogP contribution in [0.3, 0.4) is 0 Å². The van der Waals surface area contributed by atoms with Crippen molar-refractivity contribution in [1.82, 2.24) is 20.1 Å². The highest BCUT2D eigenvalue weighted by atomic mass is 32.1. The second kappa shape index (κ2) is 10.5. The molecule has 1 amide bonds. The van der Waals surface area contributed by atoms with Crippen LogP contribution in [0.4, 0.5) is 4.39 Å². The third kappa shape index (κ3) is 5.72. The number of para-hydroxylation sites is 1. The smallest absolute Gasteiger partial charge is 0.305 e. The minimum absolute atomic E-state index is 0.0401. The maximum absolute atomic E-state index is 14.6. The summed E-state index contributed by atoms with van der Waals surface area (Å²) in [5.74, 6) is -2.06. The zero-order chi connectivity index (χ0) is 24.9. The molecule has 0 spiro atoms. The van der Waals surface area contributed by atoms with Gasteiger partial charge in [-0.2, -0.15) is 9.78 Å². The third-order valence-corrected chi connectivity index (χ3v) is 6.09. The van der Waals surface area contributed by atoms with Crippen molar-refractivity contribution >= 4 is 23.2 Å². The molecule has 4 aromatic rings. The summed E-state index contributed by atoms with van der Waals surface area (Å²) in [6.07, 6.45) is -0.308. The Morgan fingerprint density at radius 3 is 2.60 bits per heavy atom. The largest absolute Gasteiger partial charge is 0.481 e. The zero-order valence-corrected chi connectivity index (χ0v) is 19.9. The predicted octanol–water partition coefficient (Wildman–Crippen LogP) is 4.61. The van der Waals surface area contributed by atoms with Crippen LogP contribution < -0.4 is 10.1 Å². The third-order valence-electron chi connectivity index (χ3n) is 5.27. The number of aromatic nitrogens is 3. The van der Waals surface area contributed by atoms with Gasteiger partial charge in [-0.3, -0.25) is 9.59 Å². The number of ether oxygens (including phenoxy) is 1. The van der Waals surface area contributed by atoms with E-state index in [1.54, 1.807) is 24.3 Å². The van der Waals surface area contributed by atoms with E-state index in [1.165, 1.54) is 34.2 Å². The quantitative estimate of drug-likeness (QED) is 0.352. The van der Waals surface area contributed by atoms with Crippen molar-refractivity contribution in [1.29, 1.82) is 0 Å². The van der Waals surface area contributed by atoms with Crippen LogP contribution in [0.25, 0.3) is 5.69 Å². The van der Waals surface area contributed by atoms with Gasteiger partial charge in [0.05, 0.1) is 23.2 Å². The standard InChI is InChI=1S/C25H23FN4O4S/c1-15-7-3-4-8-18(15)20(12-24(31)32)28-25(33)21-11-23(34-13-17-14-35-16(2)27-17)30(29-21)22-10-6-5-9-19(22)26/h3-11,14,20H,12-13H2,1-2H3,(H,28,33)(H,31,32)/t20-/m0/s1. The van der Waals surface area contributed by atoms with E-state index < -0.39 is 23.7 Å².